The van der Waals surface area contributed by atoms with Crippen LogP contribution in [0.4, 0.5) is 0 Å². The zero-order valence-corrected chi connectivity index (χ0v) is 9.59. The summed E-state index contributed by atoms with van der Waals surface area (Å²) in [5, 5.41) is 4.90. The third-order valence-electron chi connectivity index (χ3n) is 3.18. The van der Waals surface area contributed by atoms with Crippen LogP contribution in [0.5, 0.6) is 0 Å². The van der Waals surface area contributed by atoms with Crippen molar-refractivity contribution in [2.24, 2.45) is 5.92 Å². The van der Waals surface area contributed by atoms with Crippen molar-refractivity contribution in [2.75, 3.05) is 13.1 Å². The molecule has 1 fully saturated rings. The third-order valence-corrected chi connectivity index (χ3v) is 3.46. The summed E-state index contributed by atoms with van der Waals surface area (Å²) in [6.45, 7) is 2.22. The second-order valence-corrected chi connectivity index (χ2v) is 4.62. The average Bonchev–Trinajstić information content (AvgIpc) is 2.90. The first-order valence-electron chi connectivity index (χ1n) is 5.52. The van der Waals surface area contributed by atoms with Crippen molar-refractivity contribution in [2.45, 2.75) is 12.8 Å². The van der Waals surface area contributed by atoms with Crippen molar-refractivity contribution in [3.63, 3.8) is 0 Å². The fourth-order valence-corrected chi connectivity index (χ4v) is 2.60. The van der Waals surface area contributed by atoms with Gasteiger partial charge in [0.05, 0.1) is 5.39 Å². The van der Waals surface area contributed by atoms with Gasteiger partial charge in [0.2, 0.25) is 0 Å². The second-order valence-electron chi connectivity index (χ2n) is 4.26. The summed E-state index contributed by atoms with van der Waals surface area (Å²) in [6, 6.07) is 0. The summed E-state index contributed by atoms with van der Waals surface area (Å²) in [5.41, 5.74) is 2.07. The molecule has 1 unspecified atom stereocenters. The van der Waals surface area contributed by atoms with Gasteiger partial charge >= 0.3 is 0 Å². The van der Waals surface area contributed by atoms with Crippen LogP contribution >= 0.6 is 11.6 Å². The molecule has 1 saturated heterocycles. The maximum atomic E-state index is 6.10. The Balaban J connectivity index is 1.97. The number of H-pyrrole nitrogens is 1. The van der Waals surface area contributed by atoms with Crippen LogP contribution < -0.4 is 5.32 Å². The summed E-state index contributed by atoms with van der Waals surface area (Å²) < 4.78 is 0. The lowest BCUT2D eigenvalue weighted by molar-refractivity contribution is 0.582. The van der Waals surface area contributed by atoms with Crippen molar-refractivity contribution in [3.8, 4) is 0 Å². The minimum absolute atomic E-state index is 0.548. The molecule has 2 aromatic heterocycles. The van der Waals surface area contributed by atoms with Crippen LogP contribution in [0.1, 0.15) is 12.0 Å². The smallest absolute Gasteiger partial charge is 0.142 e. The molecule has 1 aliphatic rings. The van der Waals surface area contributed by atoms with E-state index in [0.29, 0.717) is 11.1 Å². The fraction of sp³-hybridized carbons (Fsp3) is 0.455. The van der Waals surface area contributed by atoms with E-state index in [-0.39, 0.29) is 0 Å². The highest BCUT2D eigenvalue weighted by atomic mass is 35.5. The van der Waals surface area contributed by atoms with Crippen molar-refractivity contribution in [1.29, 1.82) is 0 Å². The minimum atomic E-state index is 0.548. The summed E-state index contributed by atoms with van der Waals surface area (Å²) >= 11 is 6.10. The van der Waals surface area contributed by atoms with Gasteiger partial charge in [-0.05, 0) is 37.4 Å². The zero-order valence-electron chi connectivity index (χ0n) is 8.83. The number of nitrogens with zero attached hydrogens (tertiary/aromatic N) is 2. The van der Waals surface area contributed by atoms with Gasteiger partial charge in [0.15, 0.2) is 0 Å². The molecular formula is C11H13ClN4. The quantitative estimate of drug-likeness (QED) is 0.782. The Bertz CT molecular complexity index is 502. The molecule has 16 heavy (non-hydrogen) atoms. The molecule has 0 spiro atoms. The van der Waals surface area contributed by atoms with Crippen molar-refractivity contribution >= 4 is 22.6 Å². The number of nitrogens with one attached hydrogen (secondary N) is 2. The molecule has 1 aliphatic heterocycles. The lowest BCUT2D eigenvalue weighted by Gasteiger charge is -2.06. The van der Waals surface area contributed by atoms with Gasteiger partial charge in [-0.3, -0.25) is 0 Å². The van der Waals surface area contributed by atoms with Crippen molar-refractivity contribution < 1.29 is 0 Å². The molecule has 5 heteroatoms. The zero-order chi connectivity index (χ0) is 11.0. The van der Waals surface area contributed by atoms with E-state index in [0.717, 1.165) is 30.5 Å². The molecule has 0 aromatic carbocycles. The van der Waals surface area contributed by atoms with Crippen LogP contribution in [0.3, 0.4) is 0 Å². The molecule has 2 aromatic rings. The first-order chi connectivity index (χ1) is 7.84. The Kier molecular flexibility index (Phi) is 2.53. The fourth-order valence-electron chi connectivity index (χ4n) is 2.35. The van der Waals surface area contributed by atoms with E-state index in [2.05, 4.69) is 20.3 Å². The third kappa shape index (κ3) is 1.68. The van der Waals surface area contributed by atoms with E-state index >= 15 is 0 Å². The molecule has 0 aliphatic carbocycles. The predicted molar refractivity (Wildman–Crippen MR) is 63.6 cm³/mol. The molecule has 4 nitrogen and oxygen atoms in total. The topological polar surface area (TPSA) is 53.6 Å². The van der Waals surface area contributed by atoms with Gasteiger partial charge in [0.1, 0.15) is 17.1 Å². The molecule has 3 rings (SSSR count). The van der Waals surface area contributed by atoms with Gasteiger partial charge in [-0.25, -0.2) is 9.97 Å². The van der Waals surface area contributed by atoms with Crippen molar-refractivity contribution in [1.82, 2.24) is 20.3 Å². The van der Waals surface area contributed by atoms with Gasteiger partial charge in [-0.1, -0.05) is 11.6 Å². The molecule has 3 heterocycles. The number of hydrogen-bond acceptors (Lipinski definition) is 3. The Morgan fingerprint density at radius 3 is 3.19 bits per heavy atom. The normalized spacial score (nSPS) is 20.7. The SMILES string of the molecule is Clc1ncnc2[nH]cc(CC3CCNC3)c12. The maximum Gasteiger partial charge on any atom is 0.142 e. The number of aromatic nitrogens is 3. The van der Waals surface area contributed by atoms with Crippen LogP contribution in [-0.2, 0) is 6.42 Å². The van der Waals surface area contributed by atoms with Gasteiger partial charge < -0.3 is 10.3 Å². The molecule has 2 N–H and O–H groups in total. The highest BCUT2D eigenvalue weighted by molar-refractivity contribution is 6.34. The van der Waals surface area contributed by atoms with Crippen LogP contribution in [0, 0.1) is 5.92 Å². The number of fused-ring (bicyclic) bond motifs is 1. The van der Waals surface area contributed by atoms with Crippen molar-refractivity contribution in [3.05, 3.63) is 23.2 Å². The van der Waals surface area contributed by atoms with Gasteiger partial charge in [-0.2, -0.15) is 0 Å². The molecular weight excluding hydrogens is 224 g/mol. The van der Waals surface area contributed by atoms with E-state index < -0.39 is 0 Å². The Morgan fingerprint density at radius 1 is 1.44 bits per heavy atom. The number of hydrogen-bond donors (Lipinski definition) is 2. The second kappa shape index (κ2) is 4.03. The van der Waals surface area contributed by atoms with Gasteiger partial charge in [-0.15, -0.1) is 0 Å². The van der Waals surface area contributed by atoms with Crippen LogP contribution in [-0.4, -0.2) is 28.0 Å². The highest BCUT2D eigenvalue weighted by Gasteiger charge is 2.18. The lowest BCUT2D eigenvalue weighted by atomic mass is 9.99. The van der Waals surface area contributed by atoms with Gasteiger partial charge in [0.25, 0.3) is 0 Å². The monoisotopic (exact) mass is 236 g/mol. The largest absolute Gasteiger partial charge is 0.346 e. The van der Waals surface area contributed by atoms with Crippen LogP contribution in [0.15, 0.2) is 12.5 Å². The van der Waals surface area contributed by atoms with E-state index in [9.17, 15) is 0 Å². The average molecular weight is 237 g/mol. The Hall–Kier alpha value is -1.13. The molecule has 0 amide bonds. The minimum Gasteiger partial charge on any atom is -0.346 e. The van der Waals surface area contributed by atoms with Crippen LogP contribution in [0.2, 0.25) is 5.15 Å². The number of aromatic amines is 1. The molecule has 0 saturated carbocycles. The maximum absolute atomic E-state index is 6.10. The van der Waals surface area contributed by atoms with E-state index in [1.54, 1.807) is 0 Å². The van der Waals surface area contributed by atoms with E-state index in [1.165, 1.54) is 18.3 Å². The van der Waals surface area contributed by atoms with E-state index in [4.69, 9.17) is 11.6 Å². The number of halogens is 1. The van der Waals surface area contributed by atoms with Crippen LogP contribution in [0.25, 0.3) is 11.0 Å². The first kappa shape index (κ1) is 10.1. The molecule has 0 radical (unpaired) electrons. The van der Waals surface area contributed by atoms with Gasteiger partial charge in [0, 0.05) is 6.20 Å². The molecule has 0 bridgehead atoms. The Labute approximate surface area is 98.4 Å². The summed E-state index contributed by atoms with van der Waals surface area (Å²) in [5.74, 6) is 0.704. The first-order valence-corrected chi connectivity index (χ1v) is 5.89. The van der Waals surface area contributed by atoms with E-state index in [1.807, 2.05) is 6.20 Å². The molecule has 84 valence electrons. The summed E-state index contributed by atoms with van der Waals surface area (Å²) in [7, 11) is 0. The summed E-state index contributed by atoms with van der Waals surface area (Å²) in [4.78, 5) is 11.4. The highest BCUT2D eigenvalue weighted by Crippen LogP contribution is 2.26. The standard InChI is InChI=1S/C11H13ClN4/c12-10-9-8(3-7-1-2-13-4-7)5-14-11(9)16-6-15-10/h5-7,13H,1-4H2,(H,14,15,16). The predicted octanol–water partition coefficient (Wildman–Crippen LogP) is 1.76. The molecule has 1 atom stereocenters. The number of rotatable bonds is 2. The summed E-state index contributed by atoms with van der Waals surface area (Å²) in [6.07, 6.45) is 5.77. The lowest BCUT2D eigenvalue weighted by Crippen LogP contribution is -2.10. The Morgan fingerprint density at radius 2 is 2.38 bits per heavy atom.